The summed E-state index contributed by atoms with van der Waals surface area (Å²) in [6.45, 7) is 7.35. The minimum Gasteiger partial charge on any atom is -0.457 e. The number of amides is 1. The molecule has 1 amide bonds. The molecule has 1 fully saturated rings. The van der Waals surface area contributed by atoms with Crippen molar-refractivity contribution in [2.75, 3.05) is 13.1 Å². The van der Waals surface area contributed by atoms with Gasteiger partial charge in [-0.05, 0) is 75.7 Å². The van der Waals surface area contributed by atoms with Crippen molar-refractivity contribution in [2.24, 2.45) is 0 Å². The fourth-order valence-electron chi connectivity index (χ4n) is 2.16. The van der Waals surface area contributed by atoms with Crippen LogP contribution in [0.1, 0.15) is 38.3 Å². The summed E-state index contributed by atoms with van der Waals surface area (Å²) in [6.07, 6.45) is 0.933. The van der Waals surface area contributed by atoms with Crippen molar-refractivity contribution < 1.29 is 14.3 Å². The van der Waals surface area contributed by atoms with E-state index in [1.807, 2.05) is 32.9 Å². The van der Waals surface area contributed by atoms with E-state index in [4.69, 9.17) is 20.0 Å². The van der Waals surface area contributed by atoms with E-state index in [9.17, 15) is 4.79 Å². The molecule has 144 valence electrons. The molecule has 3 rings (SSSR count). The maximum Gasteiger partial charge on any atom is 0.410 e. The molecule has 0 spiro atoms. The third-order valence-electron chi connectivity index (χ3n) is 3.71. The van der Waals surface area contributed by atoms with Gasteiger partial charge in [0.05, 0.1) is 23.3 Å². The van der Waals surface area contributed by atoms with E-state index in [0.717, 1.165) is 19.5 Å². The van der Waals surface area contributed by atoms with E-state index in [2.05, 4.69) is 0 Å². The number of carbonyl (C=O) groups excluding carboxylic acids is 1. The van der Waals surface area contributed by atoms with Gasteiger partial charge in [0, 0.05) is 13.1 Å². The number of carbonyl (C=O) groups is 1. The van der Waals surface area contributed by atoms with Gasteiger partial charge in [-0.25, -0.2) is 4.79 Å². The summed E-state index contributed by atoms with van der Waals surface area (Å²) in [5.41, 5.74) is 0.835. The molecule has 2 aromatic rings. The highest BCUT2D eigenvalue weighted by atomic mass is 16.6. The van der Waals surface area contributed by atoms with Crippen molar-refractivity contribution in [3.05, 3.63) is 59.7 Å². The van der Waals surface area contributed by atoms with Crippen LogP contribution in [0, 0.1) is 22.7 Å². The van der Waals surface area contributed by atoms with Gasteiger partial charge in [0.2, 0.25) is 0 Å². The van der Waals surface area contributed by atoms with Crippen molar-refractivity contribution in [2.45, 2.75) is 32.8 Å². The van der Waals surface area contributed by atoms with Gasteiger partial charge in [0.1, 0.15) is 17.1 Å². The summed E-state index contributed by atoms with van der Waals surface area (Å²) < 4.78 is 10.7. The second kappa shape index (κ2) is 9.43. The smallest absolute Gasteiger partial charge is 0.410 e. The Hall–Kier alpha value is -3.51. The average Bonchev–Trinajstić information content (AvgIpc) is 2.60. The van der Waals surface area contributed by atoms with E-state index in [-0.39, 0.29) is 11.7 Å². The second-order valence-corrected chi connectivity index (χ2v) is 7.20. The van der Waals surface area contributed by atoms with Crippen molar-refractivity contribution in [1.29, 1.82) is 10.5 Å². The normalized spacial score (nSPS) is 12.4. The molecule has 0 atom stereocenters. The lowest BCUT2D eigenvalue weighted by Gasteiger charge is -2.32. The molecule has 6 heteroatoms. The standard InChI is InChI=1S/C14H8N2O.C8H15NO2/c15-9-11-1-5-13(6-2-11)17-14-7-3-12(10-16)4-8-14;1-8(2,3)11-7(10)9-5-4-6-9/h1-8H;4-6H2,1-3H3. The number of likely N-dealkylation sites (tertiary alicyclic amines) is 1. The van der Waals surface area contributed by atoms with Crippen LogP contribution in [0.2, 0.25) is 0 Å². The van der Waals surface area contributed by atoms with E-state index < -0.39 is 0 Å². The van der Waals surface area contributed by atoms with Gasteiger partial charge in [0.25, 0.3) is 0 Å². The fourth-order valence-corrected chi connectivity index (χ4v) is 2.16. The highest BCUT2D eigenvalue weighted by molar-refractivity contribution is 5.68. The first-order chi connectivity index (χ1) is 13.3. The van der Waals surface area contributed by atoms with Crippen LogP contribution in [0.4, 0.5) is 4.79 Å². The molecule has 28 heavy (non-hydrogen) atoms. The SMILES string of the molecule is CC(C)(C)OC(=O)N1CCC1.N#Cc1ccc(Oc2ccc(C#N)cc2)cc1. The van der Waals surface area contributed by atoms with Gasteiger partial charge in [-0.1, -0.05) is 0 Å². The maximum absolute atomic E-state index is 11.1. The number of rotatable bonds is 2. The van der Waals surface area contributed by atoms with Gasteiger partial charge < -0.3 is 14.4 Å². The first kappa shape index (κ1) is 20.8. The Balaban J connectivity index is 0.000000221. The summed E-state index contributed by atoms with van der Waals surface area (Å²) in [4.78, 5) is 12.9. The van der Waals surface area contributed by atoms with Crippen molar-refractivity contribution >= 4 is 6.09 Å². The Morgan fingerprint density at radius 1 is 0.893 bits per heavy atom. The molecule has 0 aromatic heterocycles. The van der Waals surface area contributed by atoms with Gasteiger partial charge >= 0.3 is 6.09 Å². The number of hydrogen-bond donors (Lipinski definition) is 0. The maximum atomic E-state index is 11.1. The molecule has 0 aliphatic carbocycles. The summed E-state index contributed by atoms with van der Waals surface area (Å²) in [5.74, 6) is 1.32. The molecule has 1 heterocycles. The second-order valence-electron chi connectivity index (χ2n) is 7.20. The van der Waals surface area contributed by atoms with Crippen LogP contribution in [0.15, 0.2) is 48.5 Å². The Labute approximate surface area is 165 Å². The Morgan fingerprint density at radius 3 is 1.61 bits per heavy atom. The third-order valence-corrected chi connectivity index (χ3v) is 3.71. The molecule has 0 radical (unpaired) electrons. The van der Waals surface area contributed by atoms with Crippen molar-refractivity contribution in [3.8, 4) is 23.6 Å². The predicted octanol–water partition coefficient (Wildman–Crippen LogP) is 4.85. The molecule has 1 aliphatic heterocycles. The quantitative estimate of drug-likeness (QED) is 0.747. The monoisotopic (exact) mass is 377 g/mol. The molecule has 0 saturated carbocycles. The molecule has 1 saturated heterocycles. The zero-order valence-electron chi connectivity index (χ0n) is 16.3. The molecule has 2 aromatic carbocycles. The van der Waals surface area contributed by atoms with E-state index >= 15 is 0 Å². The van der Waals surface area contributed by atoms with Crippen molar-refractivity contribution in [3.63, 3.8) is 0 Å². The van der Waals surface area contributed by atoms with E-state index in [0.29, 0.717) is 22.6 Å². The van der Waals surface area contributed by atoms with Crippen LogP contribution in [0.5, 0.6) is 11.5 Å². The third kappa shape index (κ3) is 6.66. The Morgan fingerprint density at radius 2 is 1.32 bits per heavy atom. The van der Waals surface area contributed by atoms with Gasteiger partial charge in [-0.15, -0.1) is 0 Å². The molecule has 0 bridgehead atoms. The van der Waals surface area contributed by atoms with Gasteiger partial charge in [0.15, 0.2) is 0 Å². The van der Waals surface area contributed by atoms with Gasteiger partial charge in [-0.3, -0.25) is 0 Å². The summed E-state index contributed by atoms with van der Waals surface area (Å²) in [7, 11) is 0. The molecule has 0 unspecified atom stereocenters. The molecule has 1 aliphatic rings. The Bertz CT molecular complexity index is 810. The first-order valence-electron chi connectivity index (χ1n) is 8.97. The first-order valence-corrected chi connectivity index (χ1v) is 8.97. The number of ether oxygens (including phenoxy) is 2. The Kier molecular flexibility index (Phi) is 7.01. The average molecular weight is 377 g/mol. The lowest BCUT2D eigenvalue weighted by molar-refractivity contribution is 0.0131. The summed E-state index contributed by atoms with van der Waals surface area (Å²) in [6, 6.07) is 17.8. The van der Waals surface area contributed by atoms with Crippen LogP contribution in [0.3, 0.4) is 0 Å². The summed E-state index contributed by atoms with van der Waals surface area (Å²) >= 11 is 0. The zero-order valence-corrected chi connectivity index (χ0v) is 16.3. The number of hydrogen-bond acceptors (Lipinski definition) is 5. The molecule has 0 N–H and O–H groups in total. The summed E-state index contributed by atoms with van der Waals surface area (Å²) in [5, 5.41) is 17.3. The fraction of sp³-hybridized carbons (Fsp3) is 0.318. The predicted molar refractivity (Wildman–Crippen MR) is 105 cm³/mol. The number of nitriles is 2. The van der Waals surface area contributed by atoms with E-state index in [1.165, 1.54) is 0 Å². The lowest BCUT2D eigenvalue weighted by Crippen LogP contribution is -2.44. The van der Waals surface area contributed by atoms with Gasteiger partial charge in [-0.2, -0.15) is 10.5 Å². The minimum atomic E-state index is -0.354. The van der Waals surface area contributed by atoms with Crippen LogP contribution >= 0.6 is 0 Å². The molecular formula is C22H23N3O3. The minimum absolute atomic E-state index is 0.177. The van der Waals surface area contributed by atoms with Crippen molar-refractivity contribution in [1.82, 2.24) is 4.90 Å². The number of benzene rings is 2. The van der Waals surface area contributed by atoms with Crippen LogP contribution < -0.4 is 4.74 Å². The topological polar surface area (TPSA) is 86.3 Å². The van der Waals surface area contributed by atoms with E-state index in [1.54, 1.807) is 53.4 Å². The largest absolute Gasteiger partial charge is 0.457 e. The van der Waals surface area contributed by atoms with Crippen LogP contribution in [-0.4, -0.2) is 29.7 Å². The highest BCUT2D eigenvalue weighted by Crippen LogP contribution is 2.21. The number of nitrogens with zero attached hydrogens (tertiary/aromatic N) is 3. The van der Waals surface area contributed by atoms with Crippen LogP contribution in [0.25, 0.3) is 0 Å². The molecule has 6 nitrogen and oxygen atoms in total. The highest BCUT2D eigenvalue weighted by Gasteiger charge is 2.25. The molecular weight excluding hydrogens is 354 g/mol. The lowest BCUT2D eigenvalue weighted by atomic mass is 10.2. The van der Waals surface area contributed by atoms with Crippen LogP contribution in [-0.2, 0) is 4.74 Å². The zero-order chi connectivity index (χ0) is 20.6.